The molecule has 0 N–H and O–H groups in total. The Kier molecular flexibility index (Phi) is 4.27. The first-order chi connectivity index (χ1) is 11.9. The van der Waals surface area contributed by atoms with Crippen LogP contribution in [-0.4, -0.2) is 10.7 Å². The van der Waals surface area contributed by atoms with E-state index in [9.17, 15) is 14.9 Å². The van der Waals surface area contributed by atoms with Crippen LogP contribution in [0, 0.1) is 17.0 Å². The molecule has 0 amide bonds. The van der Waals surface area contributed by atoms with Crippen molar-refractivity contribution >= 4 is 11.5 Å². The Balaban J connectivity index is 1.78. The van der Waals surface area contributed by atoms with Crippen LogP contribution in [0.4, 0.5) is 5.69 Å². The number of hydrogen-bond acceptors (Lipinski definition) is 5. The van der Waals surface area contributed by atoms with Gasteiger partial charge in [-0.1, -0.05) is 0 Å². The van der Waals surface area contributed by atoms with E-state index in [0.717, 1.165) is 16.7 Å². The van der Waals surface area contributed by atoms with Crippen molar-refractivity contribution in [3.63, 3.8) is 0 Å². The summed E-state index contributed by atoms with van der Waals surface area (Å²) in [7, 11) is 0. The van der Waals surface area contributed by atoms with Crippen LogP contribution in [0.2, 0.25) is 0 Å². The standard InChI is InChI=1S/C19H17NO5/c1-11(2)19-18(21)17-12(3)8-15(9-16(17)25-19)24-10-13-4-6-14(7-5-13)20(22)23/h4-9H,10H2,1-3H3. The van der Waals surface area contributed by atoms with Crippen LogP contribution in [0.25, 0.3) is 0 Å². The fourth-order valence-corrected chi connectivity index (χ4v) is 2.66. The van der Waals surface area contributed by atoms with E-state index >= 15 is 0 Å². The highest BCUT2D eigenvalue weighted by Crippen LogP contribution is 2.38. The Morgan fingerprint density at radius 2 is 1.88 bits per heavy atom. The molecule has 0 saturated heterocycles. The Bertz CT molecular complexity index is 893. The zero-order valence-electron chi connectivity index (χ0n) is 14.2. The summed E-state index contributed by atoms with van der Waals surface area (Å²) in [5, 5.41) is 10.7. The molecule has 1 aliphatic heterocycles. The van der Waals surface area contributed by atoms with E-state index < -0.39 is 4.92 Å². The number of fused-ring (bicyclic) bond motifs is 1. The minimum absolute atomic E-state index is 0.0401. The molecule has 6 nitrogen and oxygen atoms in total. The molecule has 0 spiro atoms. The van der Waals surface area contributed by atoms with Gasteiger partial charge in [0.1, 0.15) is 18.1 Å². The number of ketones is 1. The number of hydrogen-bond donors (Lipinski definition) is 0. The number of nitrogens with zero attached hydrogens (tertiary/aromatic N) is 1. The predicted molar refractivity (Wildman–Crippen MR) is 91.9 cm³/mol. The number of benzene rings is 2. The van der Waals surface area contributed by atoms with Crippen LogP contribution < -0.4 is 9.47 Å². The Labute approximate surface area is 144 Å². The van der Waals surface area contributed by atoms with Gasteiger partial charge in [0.15, 0.2) is 5.76 Å². The maximum absolute atomic E-state index is 12.4. The van der Waals surface area contributed by atoms with Gasteiger partial charge in [0, 0.05) is 18.2 Å². The van der Waals surface area contributed by atoms with E-state index in [-0.39, 0.29) is 18.1 Å². The number of nitro benzene ring substituents is 1. The van der Waals surface area contributed by atoms with Gasteiger partial charge in [-0.05, 0) is 55.7 Å². The molecule has 25 heavy (non-hydrogen) atoms. The molecule has 3 rings (SSSR count). The summed E-state index contributed by atoms with van der Waals surface area (Å²) in [6, 6.07) is 9.67. The van der Waals surface area contributed by atoms with Crippen LogP contribution in [0.15, 0.2) is 47.7 Å². The molecule has 0 saturated carbocycles. The summed E-state index contributed by atoms with van der Waals surface area (Å²) in [5.74, 6) is 1.34. The molecule has 1 heterocycles. The molecule has 0 fully saturated rings. The van der Waals surface area contributed by atoms with Crippen molar-refractivity contribution in [1.82, 2.24) is 0 Å². The van der Waals surface area contributed by atoms with Gasteiger partial charge in [0.2, 0.25) is 5.78 Å². The van der Waals surface area contributed by atoms with Gasteiger partial charge in [-0.25, -0.2) is 0 Å². The highest BCUT2D eigenvalue weighted by Gasteiger charge is 2.30. The number of Topliss-reactive ketones (excluding diaryl/α,β-unsaturated/α-hetero) is 1. The number of allylic oxidation sites excluding steroid dienone is 2. The second kappa shape index (κ2) is 6.39. The van der Waals surface area contributed by atoms with Gasteiger partial charge in [-0.3, -0.25) is 14.9 Å². The van der Waals surface area contributed by atoms with E-state index in [1.165, 1.54) is 12.1 Å². The topological polar surface area (TPSA) is 78.7 Å². The summed E-state index contributed by atoms with van der Waals surface area (Å²) in [5.41, 5.74) is 3.04. The number of non-ortho nitro benzene ring substituents is 1. The first-order valence-electron chi connectivity index (χ1n) is 7.77. The first-order valence-corrected chi connectivity index (χ1v) is 7.77. The van der Waals surface area contributed by atoms with Crippen molar-refractivity contribution in [2.45, 2.75) is 27.4 Å². The number of carbonyl (C=O) groups excluding carboxylic acids is 1. The molecule has 2 aromatic carbocycles. The smallest absolute Gasteiger partial charge is 0.269 e. The first kappa shape index (κ1) is 16.7. The quantitative estimate of drug-likeness (QED) is 0.470. The molecule has 128 valence electrons. The second-order valence-corrected chi connectivity index (χ2v) is 6.09. The van der Waals surface area contributed by atoms with Gasteiger partial charge in [-0.2, -0.15) is 0 Å². The third-order valence-electron chi connectivity index (χ3n) is 3.92. The van der Waals surface area contributed by atoms with E-state index in [1.807, 2.05) is 20.8 Å². The largest absolute Gasteiger partial charge is 0.489 e. The maximum atomic E-state index is 12.4. The molecular weight excluding hydrogens is 322 g/mol. The van der Waals surface area contributed by atoms with Crippen molar-refractivity contribution in [3.8, 4) is 11.5 Å². The third-order valence-corrected chi connectivity index (χ3v) is 3.92. The van der Waals surface area contributed by atoms with E-state index in [1.54, 1.807) is 24.3 Å². The molecule has 2 aromatic rings. The average molecular weight is 339 g/mol. The normalized spacial score (nSPS) is 12.6. The molecule has 0 aliphatic carbocycles. The monoisotopic (exact) mass is 339 g/mol. The van der Waals surface area contributed by atoms with Gasteiger partial charge < -0.3 is 9.47 Å². The highest BCUT2D eigenvalue weighted by atomic mass is 16.6. The van der Waals surface area contributed by atoms with Crippen LogP contribution in [-0.2, 0) is 6.61 Å². The van der Waals surface area contributed by atoms with Crippen molar-refractivity contribution in [3.05, 3.63) is 74.5 Å². The van der Waals surface area contributed by atoms with Gasteiger partial charge in [0.05, 0.1) is 10.5 Å². The lowest BCUT2D eigenvalue weighted by Gasteiger charge is -2.09. The highest BCUT2D eigenvalue weighted by molar-refractivity contribution is 6.13. The number of aryl methyl sites for hydroxylation is 1. The summed E-state index contributed by atoms with van der Waals surface area (Å²) >= 11 is 0. The lowest BCUT2D eigenvalue weighted by atomic mass is 10.0. The lowest BCUT2D eigenvalue weighted by molar-refractivity contribution is -0.384. The SMILES string of the molecule is CC(C)=C1Oc2cc(OCc3ccc([N+](=O)[O-])cc3)cc(C)c2C1=O. The predicted octanol–water partition coefficient (Wildman–Crippen LogP) is 4.35. The van der Waals surface area contributed by atoms with Gasteiger partial charge in [0.25, 0.3) is 5.69 Å². The number of nitro groups is 1. The van der Waals surface area contributed by atoms with Crippen molar-refractivity contribution in [1.29, 1.82) is 0 Å². The van der Waals surface area contributed by atoms with E-state index in [2.05, 4.69) is 0 Å². The Morgan fingerprint density at radius 1 is 1.20 bits per heavy atom. The van der Waals surface area contributed by atoms with Crippen LogP contribution in [0.5, 0.6) is 11.5 Å². The fourth-order valence-electron chi connectivity index (χ4n) is 2.66. The molecule has 0 atom stereocenters. The molecule has 1 aliphatic rings. The van der Waals surface area contributed by atoms with Crippen LogP contribution in [0.1, 0.15) is 35.3 Å². The van der Waals surface area contributed by atoms with Crippen molar-refractivity contribution < 1.29 is 19.2 Å². The van der Waals surface area contributed by atoms with Crippen molar-refractivity contribution in [2.24, 2.45) is 0 Å². The molecule has 0 aromatic heterocycles. The number of carbonyl (C=O) groups is 1. The second-order valence-electron chi connectivity index (χ2n) is 6.09. The van der Waals surface area contributed by atoms with E-state index in [4.69, 9.17) is 9.47 Å². The zero-order valence-corrected chi connectivity index (χ0v) is 14.2. The van der Waals surface area contributed by atoms with Crippen molar-refractivity contribution in [2.75, 3.05) is 0 Å². The maximum Gasteiger partial charge on any atom is 0.269 e. The summed E-state index contributed by atoms with van der Waals surface area (Å²) < 4.78 is 11.4. The Morgan fingerprint density at radius 3 is 2.48 bits per heavy atom. The minimum atomic E-state index is -0.441. The molecule has 0 bridgehead atoms. The minimum Gasteiger partial charge on any atom is -0.489 e. The molecular formula is C19H17NO5. The summed E-state index contributed by atoms with van der Waals surface area (Å²) in [6.07, 6.45) is 0. The summed E-state index contributed by atoms with van der Waals surface area (Å²) in [4.78, 5) is 22.6. The van der Waals surface area contributed by atoms with Crippen LogP contribution in [0.3, 0.4) is 0 Å². The summed E-state index contributed by atoms with van der Waals surface area (Å²) in [6.45, 7) is 5.77. The molecule has 0 unspecified atom stereocenters. The van der Waals surface area contributed by atoms with Crippen LogP contribution >= 0.6 is 0 Å². The fraction of sp³-hybridized carbons (Fsp3) is 0.211. The van der Waals surface area contributed by atoms with E-state index in [0.29, 0.717) is 22.8 Å². The number of rotatable bonds is 4. The Hall–Kier alpha value is -3.15. The molecule has 6 heteroatoms. The number of ether oxygens (including phenoxy) is 2. The average Bonchev–Trinajstić information content (AvgIpc) is 2.91. The molecule has 0 radical (unpaired) electrons. The van der Waals surface area contributed by atoms with Gasteiger partial charge >= 0.3 is 0 Å². The lowest BCUT2D eigenvalue weighted by Crippen LogP contribution is -2.01. The zero-order chi connectivity index (χ0) is 18.1. The van der Waals surface area contributed by atoms with Gasteiger partial charge in [-0.15, -0.1) is 0 Å². The third kappa shape index (κ3) is 3.24.